The van der Waals surface area contributed by atoms with Crippen molar-refractivity contribution in [2.75, 3.05) is 26.7 Å². The second-order valence-corrected chi connectivity index (χ2v) is 7.19. The van der Waals surface area contributed by atoms with E-state index in [1.54, 1.807) is 7.11 Å². The first-order valence-corrected chi connectivity index (χ1v) is 8.83. The van der Waals surface area contributed by atoms with Crippen LogP contribution in [-0.4, -0.2) is 37.7 Å². The molecular weight excluding hydrogens is 328 g/mol. The lowest BCUT2D eigenvalue weighted by atomic mass is 9.88. The first-order valence-electron chi connectivity index (χ1n) is 8.04. The van der Waals surface area contributed by atoms with Gasteiger partial charge in [0.15, 0.2) is 0 Å². The molecule has 21 heavy (non-hydrogen) atoms. The van der Waals surface area contributed by atoms with Crippen molar-refractivity contribution < 1.29 is 4.74 Å². The molecule has 1 aromatic rings. The van der Waals surface area contributed by atoms with E-state index in [0.29, 0.717) is 0 Å². The van der Waals surface area contributed by atoms with Gasteiger partial charge in [-0.2, -0.15) is 0 Å². The molecule has 1 unspecified atom stereocenters. The fourth-order valence-corrected chi connectivity index (χ4v) is 4.15. The summed E-state index contributed by atoms with van der Waals surface area (Å²) in [4.78, 5) is 2.57. The van der Waals surface area contributed by atoms with E-state index in [0.717, 1.165) is 28.7 Å². The zero-order chi connectivity index (χ0) is 14.7. The molecule has 3 nitrogen and oxygen atoms in total. The molecule has 4 heteroatoms. The Morgan fingerprint density at radius 1 is 1.29 bits per heavy atom. The van der Waals surface area contributed by atoms with Crippen LogP contribution in [0.15, 0.2) is 22.7 Å². The van der Waals surface area contributed by atoms with E-state index in [9.17, 15) is 0 Å². The van der Waals surface area contributed by atoms with Gasteiger partial charge in [-0.05, 0) is 69.4 Å². The number of hydrogen-bond acceptors (Lipinski definition) is 3. The number of halogens is 1. The van der Waals surface area contributed by atoms with E-state index < -0.39 is 0 Å². The summed E-state index contributed by atoms with van der Waals surface area (Å²) in [7, 11) is 1.75. The fraction of sp³-hybridized carbons (Fsp3) is 0.647. The van der Waals surface area contributed by atoms with Crippen LogP contribution in [0.5, 0.6) is 5.75 Å². The summed E-state index contributed by atoms with van der Waals surface area (Å²) in [6, 6.07) is 7.06. The normalized spacial score (nSPS) is 24.4. The maximum absolute atomic E-state index is 5.49. The van der Waals surface area contributed by atoms with Crippen LogP contribution in [0.3, 0.4) is 0 Å². The standard InChI is InChI=1S/C17H25BrN2O/c1-21-17-5-4-15(18)11-14(17)12-20-9-6-13(7-10-20)16-3-2-8-19-16/h4-5,11,13,16,19H,2-3,6-10,12H2,1H3. The van der Waals surface area contributed by atoms with Crippen molar-refractivity contribution in [2.45, 2.75) is 38.3 Å². The molecule has 1 atom stereocenters. The predicted octanol–water partition coefficient (Wildman–Crippen LogP) is 3.42. The molecule has 2 heterocycles. The van der Waals surface area contributed by atoms with Gasteiger partial charge in [0, 0.05) is 22.6 Å². The summed E-state index contributed by atoms with van der Waals surface area (Å²) < 4.78 is 6.61. The number of piperidine rings is 1. The zero-order valence-corrected chi connectivity index (χ0v) is 14.4. The monoisotopic (exact) mass is 352 g/mol. The van der Waals surface area contributed by atoms with Crippen molar-refractivity contribution in [1.29, 1.82) is 0 Å². The SMILES string of the molecule is COc1ccc(Br)cc1CN1CCC(C2CCCN2)CC1. The topological polar surface area (TPSA) is 24.5 Å². The van der Waals surface area contributed by atoms with Crippen LogP contribution in [0.1, 0.15) is 31.2 Å². The summed E-state index contributed by atoms with van der Waals surface area (Å²) in [6.45, 7) is 4.63. The first kappa shape index (κ1) is 15.3. The highest BCUT2D eigenvalue weighted by molar-refractivity contribution is 9.10. The van der Waals surface area contributed by atoms with Gasteiger partial charge in [0.05, 0.1) is 7.11 Å². The molecule has 1 N–H and O–H groups in total. The minimum atomic E-state index is 0.785. The Balaban J connectivity index is 1.56. The Labute approximate surface area is 136 Å². The van der Waals surface area contributed by atoms with Crippen LogP contribution in [0.25, 0.3) is 0 Å². The molecule has 0 aromatic heterocycles. The Morgan fingerprint density at radius 3 is 2.76 bits per heavy atom. The zero-order valence-electron chi connectivity index (χ0n) is 12.8. The van der Waals surface area contributed by atoms with Crippen molar-refractivity contribution in [3.05, 3.63) is 28.2 Å². The molecule has 2 fully saturated rings. The summed E-state index contributed by atoms with van der Waals surface area (Å²) in [5, 5.41) is 3.67. The number of ether oxygens (including phenoxy) is 1. The van der Waals surface area contributed by atoms with Crippen molar-refractivity contribution in [1.82, 2.24) is 10.2 Å². The number of likely N-dealkylation sites (tertiary alicyclic amines) is 1. The largest absolute Gasteiger partial charge is 0.496 e. The Bertz CT molecular complexity index is 466. The van der Waals surface area contributed by atoms with Gasteiger partial charge in [0.25, 0.3) is 0 Å². The lowest BCUT2D eigenvalue weighted by Gasteiger charge is -2.35. The molecule has 2 aliphatic rings. The second-order valence-electron chi connectivity index (χ2n) is 6.27. The molecule has 0 radical (unpaired) electrons. The van der Waals surface area contributed by atoms with Crippen LogP contribution >= 0.6 is 15.9 Å². The highest BCUT2D eigenvalue weighted by atomic mass is 79.9. The number of methoxy groups -OCH3 is 1. The van der Waals surface area contributed by atoms with Crippen molar-refractivity contribution in [2.24, 2.45) is 5.92 Å². The van der Waals surface area contributed by atoms with Crippen molar-refractivity contribution >= 4 is 15.9 Å². The maximum Gasteiger partial charge on any atom is 0.123 e. The number of nitrogens with zero attached hydrogens (tertiary/aromatic N) is 1. The van der Waals surface area contributed by atoms with E-state index in [1.165, 1.54) is 50.9 Å². The van der Waals surface area contributed by atoms with Crippen LogP contribution in [0.2, 0.25) is 0 Å². The number of benzene rings is 1. The molecule has 0 bridgehead atoms. The third-order valence-electron chi connectivity index (χ3n) is 4.94. The van der Waals surface area contributed by atoms with Crippen molar-refractivity contribution in [3.63, 3.8) is 0 Å². The molecule has 0 spiro atoms. The molecule has 0 saturated carbocycles. The Hall–Kier alpha value is -0.580. The highest BCUT2D eigenvalue weighted by Gasteiger charge is 2.28. The van der Waals surface area contributed by atoms with E-state index >= 15 is 0 Å². The molecule has 3 rings (SSSR count). The van der Waals surface area contributed by atoms with E-state index in [1.807, 2.05) is 6.07 Å². The quantitative estimate of drug-likeness (QED) is 0.898. The van der Waals surface area contributed by atoms with Crippen LogP contribution in [-0.2, 0) is 6.54 Å². The molecule has 1 aromatic carbocycles. The summed E-state index contributed by atoms with van der Waals surface area (Å²) in [5.74, 6) is 1.88. The second kappa shape index (κ2) is 7.12. The molecule has 2 aliphatic heterocycles. The maximum atomic E-state index is 5.49. The lowest BCUT2D eigenvalue weighted by molar-refractivity contribution is 0.156. The Morgan fingerprint density at radius 2 is 2.10 bits per heavy atom. The minimum Gasteiger partial charge on any atom is -0.496 e. The molecular formula is C17H25BrN2O. The van der Waals surface area contributed by atoms with Gasteiger partial charge < -0.3 is 10.1 Å². The van der Waals surface area contributed by atoms with Gasteiger partial charge in [-0.1, -0.05) is 15.9 Å². The van der Waals surface area contributed by atoms with E-state index in [4.69, 9.17) is 4.74 Å². The first-order chi connectivity index (χ1) is 10.3. The summed E-state index contributed by atoms with van der Waals surface area (Å²) >= 11 is 3.56. The number of rotatable bonds is 4. The van der Waals surface area contributed by atoms with Gasteiger partial charge >= 0.3 is 0 Å². The highest BCUT2D eigenvalue weighted by Crippen LogP contribution is 2.29. The number of nitrogens with one attached hydrogen (secondary N) is 1. The van der Waals surface area contributed by atoms with Gasteiger partial charge in [0.2, 0.25) is 0 Å². The number of hydrogen-bond donors (Lipinski definition) is 1. The minimum absolute atomic E-state index is 0.785. The average Bonchev–Trinajstić information content (AvgIpc) is 3.03. The van der Waals surface area contributed by atoms with Crippen molar-refractivity contribution in [3.8, 4) is 5.75 Å². The van der Waals surface area contributed by atoms with E-state index in [2.05, 4.69) is 38.3 Å². The molecule has 0 amide bonds. The predicted molar refractivity (Wildman–Crippen MR) is 89.7 cm³/mol. The third-order valence-corrected chi connectivity index (χ3v) is 5.43. The lowest BCUT2D eigenvalue weighted by Crippen LogP contribution is -2.40. The average molecular weight is 353 g/mol. The molecule has 116 valence electrons. The molecule has 0 aliphatic carbocycles. The van der Waals surface area contributed by atoms with Gasteiger partial charge in [0.1, 0.15) is 5.75 Å². The fourth-order valence-electron chi connectivity index (χ4n) is 3.74. The summed E-state index contributed by atoms with van der Waals surface area (Å²) in [5.41, 5.74) is 1.28. The van der Waals surface area contributed by atoms with Gasteiger partial charge in [-0.15, -0.1) is 0 Å². The third kappa shape index (κ3) is 3.79. The van der Waals surface area contributed by atoms with Gasteiger partial charge in [-0.25, -0.2) is 0 Å². The molecule has 2 saturated heterocycles. The van der Waals surface area contributed by atoms with Gasteiger partial charge in [-0.3, -0.25) is 4.90 Å². The van der Waals surface area contributed by atoms with Crippen LogP contribution < -0.4 is 10.1 Å². The smallest absolute Gasteiger partial charge is 0.123 e. The van der Waals surface area contributed by atoms with Crippen LogP contribution in [0.4, 0.5) is 0 Å². The summed E-state index contributed by atoms with van der Waals surface area (Å²) in [6.07, 6.45) is 5.40. The van der Waals surface area contributed by atoms with Crippen LogP contribution in [0, 0.1) is 5.92 Å². The Kier molecular flexibility index (Phi) is 5.19. The van der Waals surface area contributed by atoms with E-state index in [-0.39, 0.29) is 0 Å².